The lowest BCUT2D eigenvalue weighted by Gasteiger charge is -2.03. The number of nitrogens with zero attached hydrogens (tertiary/aromatic N) is 2. The number of hydrogen-bond donors (Lipinski definition) is 2. The largest absolute Gasteiger partial charge is 0.506 e. The van der Waals surface area contributed by atoms with Gasteiger partial charge in [-0.15, -0.1) is 0 Å². The summed E-state index contributed by atoms with van der Waals surface area (Å²) in [5, 5.41) is 24.4. The Labute approximate surface area is 157 Å². The molecule has 0 saturated heterocycles. The maximum Gasteiger partial charge on any atom is 0.288 e. The first kappa shape index (κ1) is 18.4. The van der Waals surface area contributed by atoms with Gasteiger partial charge in [0.1, 0.15) is 10.8 Å². The van der Waals surface area contributed by atoms with Crippen LogP contribution in [-0.4, -0.2) is 22.2 Å². The minimum Gasteiger partial charge on any atom is -0.506 e. The van der Waals surface area contributed by atoms with E-state index in [0.717, 1.165) is 6.07 Å². The number of nitrogens with one attached hydrogen (secondary N) is 1. The quantitative estimate of drug-likeness (QED) is 0.390. The summed E-state index contributed by atoms with van der Waals surface area (Å²) in [4.78, 5) is 22.1. The van der Waals surface area contributed by atoms with Gasteiger partial charge in [0.05, 0.1) is 15.6 Å². The van der Waals surface area contributed by atoms with E-state index in [1.54, 1.807) is 12.1 Å². The monoisotopic (exact) mass is 475 g/mol. The van der Waals surface area contributed by atoms with Crippen LogP contribution in [0.15, 0.2) is 44.4 Å². The van der Waals surface area contributed by atoms with Crippen LogP contribution in [0.2, 0.25) is 5.02 Å². The molecule has 2 aromatic rings. The van der Waals surface area contributed by atoms with E-state index in [0.29, 0.717) is 14.5 Å². The Kier molecular flexibility index (Phi) is 5.92. The molecular weight excluding hydrogens is 469 g/mol. The van der Waals surface area contributed by atoms with Gasteiger partial charge in [-0.1, -0.05) is 27.5 Å². The fourth-order valence-corrected chi connectivity index (χ4v) is 3.15. The van der Waals surface area contributed by atoms with E-state index in [2.05, 4.69) is 42.4 Å². The molecule has 0 aliphatic carbocycles. The molecule has 0 atom stereocenters. The van der Waals surface area contributed by atoms with Gasteiger partial charge in [0.15, 0.2) is 0 Å². The number of benzene rings is 2. The van der Waals surface area contributed by atoms with Crippen molar-refractivity contribution in [2.75, 3.05) is 0 Å². The fraction of sp³-hybridized carbons (Fsp3) is 0. The number of carbonyl (C=O) groups is 1. The zero-order chi connectivity index (χ0) is 17.9. The molecule has 0 aliphatic rings. The Balaban J connectivity index is 2.17. The molecule has 0 saturated carbocycles. The van der Waals surface area contributed by atoms with E-state index in [1.807, 2.05) is 0 Å². The SMILES string of the molecule is O=C(N/N=C\c1cc(Br)cc(Br)c1O)c1ccc(Cl)c([N+](=O)[O-])c1. The number of amides is 1. The highest BCUT2D eigenvalue weighted by Gasteiger charge is 2.16. The van der Waals surface area contributed by atoms with E-state index < -0.39 is 10.8 Å². The summed E-state index contributed by atoms with van der Waals surface area (Å²) in [6, 6.07) is 6.91. The van der Waals surface area contributed by atoms with Crippen LogP contribution in [0, 0.1) is 10.1 Å². The zero-order valence-electron chi connectivity index (χ0n) is 11.7. The molecule has 0 unspecified atom stereocenters. The molecule has 0 bridgehead atoms. The maximum absolute atomic E-state index is 12.0. The van der Waals surface area contributed by atoms with E-state index in [-0.39, 0.29) is 22.0 Å². The number of hydrogen-bond acceptors (Lipinski definition) is 5. The lowest BCUT2D eigenvalue weighted by molar-refractivity contribution is -0.384. The zero-order valence-corrected chi connectivity index (χ0v) is 15.6. The Morgan fingerprint density at radius 1 is 1.33 bits per heavy atom. The minimum atomic E-state index is -0.681. The molecule has 24 heavy (non-hydrogen) atoms. The number of phenolic OH excluding ortho intramolecular Hbond substituents is 1. The molecule has 1 amide bonds. The van der Waals surface area contributed by atoms with Crippen LogP contribution in [0.1, 0.15) is 15.9 Å². The maximum atomic E-state index is 12.0. The first-order valence-electron chi connectivity index (χ1n) is 6.25. The number of aromatic hydroxyl groups is 1. The molecule has 0 aliphatic heterocycles. The Morgan fingerprint density at radius 3 is 2.71 bits per heavy atom. The van der Waals surface area contributed by atoms with Gasteiger partial charge in [-0.25, -0.2) is 5.43 Å². The van der Waals surface area contributed by atoms with Gasteiger partial charge in [-0.2, -0.15) is 5.10 Å². The van der Waals surface area contributed by atoms with Crippen LogP contribution in [0.4, 0.5) is 5.69 Å². The van der Waals surface area contributed by atoms with Crippen molar-refractivity contribution in [1.82, 2.24) is 5.43 Å². The number of rotatable bonds is 4. The van der Waals surface area contributed by atoms with Gasteiger partial charge in [-0.3, -0.25) is 14.9 Å². The molecule has 0 spiro atoms. The smallest absolute Gasteiger partial charge is 0.288 e. The van der Waals surface area contributed by atoms with Gasteiger partial charge in [-0.05, 0) is 40.2 Å². The summed E-state index contributed by atoms with van der Waals surface area (Å²) < 4.78 is 1.16. The van der Waals surface area contributed by atoms with Crippen molar-refractivity contribution in [2.24, 2.45) is 5.10 Å². The van der Waals surface area contributed by atoms with Gasteiger partial charge in [0.2, 0.25) is 0 Å². The molecule has 0 heterocycles. The second kappa shape index (κ2) is 7.73. The third-order valence-electron chi connectivity index (χ3n) is 2.83. The predicted molar refractivity (Wildman–Crippen MR) is 96.7 cm³/mol. The second-order valence-electron chi connectivity index (χ2n) is 4.45. The van der Waals surface area contributed by atoms with Crippen molar-refractivity contribution < 1.29 is 14.8 Å². The highest BCUT2D eigenvalue weighted by Crippen LogP contribution is 2.30. The first-order chi connectivity index (χ1) is 11.3. The van der Waals surface area contributed by atoms with Gasteiger partial charge in [0.25, 0.3) is 11.6 Å². The van der Waals surface area contributed by atoms with Crippen LogP contribution >= 0.6 is 43.5 Å². The third-order valence-corrected chi connectivity index (χ3v) is 4.21. The topological polar surface area (TPSA) is 105 Å². The van der Waals surface area contributed by atoms with Crippen LogP contribution in [0.5, 0.6) is 5.75 Å². The average molecular weight is 477 g/mol. The van der Waals surface area contributed by atoms with Crippen LogP contribution < -0.4 is 5.43 Å². The van der Waals surface area contributed by atoms with Crippen molar-refractivity contribution >= 4 is 61.3 Å². The molecule has 2 N–H and O–H groups in total. The predicted octanol–water partition coefficient (Wildman–Crippen LogP) is 4.24. The van der Waals surface area contributed by atoms with Crippen LogP contribution in [-0.2, 0) is 0 Å². The summed E-state index contributed by atoms with van der Waals surface area (Å²) in [6.07, 6.45) is 1.24. The second-order valence-corrected chi connectivity index (χ2v) is 6.63. The number of nitro benzene ring substituents is 1. The van der Waals surface area contributed by atoms with Crippen molar-refractivity contribution in [3.05, 3.63) is 65.5 Å². The Bertz CT molecular complexity index is 858. The molecule has 2 aromatic carbocycles. The van der Waals surface area contributed by atoms with Crippen molar-refractivity contribution in [3.8, 4) is 5.75 Å². The molecule has 10 heteroatoms. The number of nitro groups is 1. The molecule has 0 radical (unpaired) electrons. The molecule has 0 aromatic heterocycles. The molecular formula is C14H8Br2ClN3O4. The van der Waals surface area contributed by atoms with Gasteiger partial charge in [0, 0.05) is 21.7 Å². The summed E-state index contributed by atoms with van der Waals surface area (Å²) in [7, 11) is 0. The first-order valence-corrected chi connectivity index (χ1v) is 8.21. The molecule has 2 rings (SSSR count). The highest BCUT2D eigenvalue weighted by molar-refractivity contribution is 9.11. The molecule has 0 fully saturated rings. The molecule has 124 valence electrons. The van der Waals surface area contributed by atoms with Crippen LogP contribution in [0.3, 0.4) is 0 Å². The molecule has 7 nitrogen and oxygen atoms in total. The number of carbonyl (C=O) groups excluding carboxylic acids is 1. The van der Waals surface area contributed by atoms with Gasteiger partial charge >= 0.3 is 0 Å². The minimum absolute atomic E-state index is 0.0305. The summed E-state index contributed by atoms with van der Waals surface area (Å²) in [6.45, 7) is 0. The Morgan fingerprint density at radius 2 is 2.04 bits per heavy atom. The standard InChI is InChI=1S/C14H8Br2ClN3O4/c15-9-3-8(13(21)10(16)5-9)6-18-19-14(22)7-1-2-11(17)12(4-7)20(23)24/h1-6,21H,(H,19,22)/b18-6-. The Hall–Kier alpha value is -1.97. The van der Waals surface area contributed by atoms with Crippen molar-refractivity contribution in [1.29, 1.82) is 0 Å². The van der Waals surface area contributed by atoms with E-state index in [9.17, 15) is 20.0 Å². The third kappa shape index (κ3) is 4.31. The lowest BCUT2D eigenvalue weighted by Crippen LogP contribution is -2.17. The van der Waals surface area contributed by atoms with Crippen molar-refractivity contribution in [2.45, 2.75) is 0 Å². The average Bonchev–Trinajstić information content (AvgIpc) is 2.51. The summed E-state index contributed by atoms with van der Waals surface area (Å²) in [5.74, 6) is -0.696. The fourth-order valence-electron chi connectivity index (χ4n) is 1.70. The highest BCUT2D eigenvalue weighted by atomic mass is 79.9. The number of hydrazone groups is 1. The van der Waals surface area contributed by atoms with E-state index in [4.69, 9.17) is 11.6 Å². The van der Waals surface area contributed by atoms with Crippen molar-refractivity contribution in [3.63, 3.8) is 0 Å². The lowest BCUT2D eigenvalue weighted by atomic mass is 10.2. The van der Waals surface area contributed by atoms with E-state index >= 15 is 0 Å². The van der Waals surface area contributed by atoms with Gasteiger partial charge < -0.3 is 5.11 Å². The normalized spacial score (nSPS) is 10.8. The van der Waals surface area contributed by atoms with E-state index in [1.165, 1.54) is 18.3 Å². The summed E-state index contributed by atoms with van der Waals surface area (Å²) >= 11 is 12.1. The number of phenols is 1. The number of halogens is 3. The van der Waals surface area contributed by atoms with Crippen LogP contribution in [0.25, 0.3) is 0 Å². The summed E-state index contributed by atoms with van der Waals surface area (Å²) in [5.41, 5.74) is 2.24.